The predicted octanol–water partition coefficient (Wildman–Crippen LogP) is 4.68. The number of benzene rings is 1. The molecule has 8 nitrogen and oxygen atoms in total. The fraction of sp³-hybridized carbons (Fsp3) is 0. The second-order valence-corrected chi connectivity index (χ2v) is 6.05. The molecule has 0 amide bonds. The van der Waals surface area contributed by atoms with Gasteiger partial charge in [-0.1, -0.05) is 33.6 Å². The number of halogens is 2. The summed E-state index contributed by atoms with van der Waals surface area (Å²) in [7, 11) is 0. The zero-order valence-electron chi connectivity index (χ0n) is 12.5. The number of hydrogen-bond acceptors (Lipinski definition) is 7. The van der Waals surface area contributed by atoms with E-state index >= 15 is 0 Å². The fourth-order valence-electron chi connectivity index (χ4n) is 2.04. The molecule has 0 aliphatic carbocycles. The van der Waals surface area contributed by atoms with E-state index in [0.717, 1.165) is 4.47 Å². The summed E-state index contributed by atoms with van der Waals surface area (Å²) in [6.07, 6.45) is 2.74. The average molecular weight is 422 g/mol. The van der Waals surface area contributed by atoms with Crippen LogP contribution < -0.4 is 10.6 Å². The van der Waals surface area contributed by atoms with Gasteiger partial charge in [-0.25, -0.2) is 15.0 Å². The number of rotatable bonds is 5. The molecular formula is C15H10BrClN6O2. The van der Waals surface area contributed by atoms with Gasteiger partial charge in [0.2, 0.25) is 11.6 Å². The van der Waals surface area contributed by atoms with Gasteiger partial charge in [0.25, 0.3) is 0 Å². The van der Waals surface area contributed by atoms with E-state index in [9.17, 15) is 10.1 Å². The molecule has 25 heavy (non-hydrogen) atoms. The molecule has 0 saturated carbocycles. The molecule has 3 aromatic rings. The van der Waals surface area contributed by atoms with Crippen molar-refractivity contribution in [3.8, 4) is 0 Å². The third-order valence-corrected chi connectivity index (χ3v) is 3.90. The van der Waals surface area contributed by atoms with Crippen LogP contribution in [0.2, 0.25) is 5.15 Å². The predicted molar refractivity (Wildman–Crippen MR) is 98.6 cm³/mol. The van der Waals surface area contributed by atoms with Crippen molar-refractivity contribution < 1.29 is 4.92 Å². The lowest BCUT2D eigenvalue weighted by atomic mass is 10.3. The maximum absolute atomic E-state index is 11.6. The van der Waals surface area contributed by atoms with Crippen molar-refractivity contribution >= 4 is 56.2 Å². The summed E-state index contributed by atoms with van der Waals surface area (Å²) in [5.41, 5.74) is 0.739. The molecule has 0 fully saturated rings. The molecular weight excluding hydrogens is 412 g/mol. The van der Waals surface area contributed by atoms with Crippen LogP contribution in [0.1, 0.15) is 0 Å². The Morgan fingerprint density at radius 2 is 1.84 bits per heavy atom. The summed E-state index contributed by atoms with van der Waals surface area (Å²) in [4.78, 5) is 22.9. The molecule has 3 rings (SSSR count). The lowest BCUT2D eigenvalue weighted by molar-refractivity contribution is -0.383. The largest absolute Gasteiger partial charge is 0.353 e. The Morgan fingerprint density at radius 1 is 1.08 bits per heavy atom. The summed E-state index contributed by atoms with van der Waals surface area (Å²) in [5.74, 6) is 0.0630. The minimum absolute atomic E-state index is 0.00685. The highest BCUT2D eigenvalue weighted by Gasteiger charge is 2.24. The highest BCUT2D eigenvalue weighted by molar-refractivity contribution is 9.10. The Hall–Kier alpha value is -2.78. The molecule has 0 spiro atoms. The van der Waals surface area contributed by atoms with E-state index in [1.807, 2.05) is 6.07 Å². The van der Waals surface area contributed by atoms with Crippen LogP contribution in [-0.4, -0.2) is 19.9 Å². The Balaban J connectivity index is 2.00. The van der Waals surface area contributed by atoms with E-state index in [0.29, 0.717) is 11.4 Å². The lowest BCUT2D eigenvalue weighted by Gasteiger charge is -2.10. The lowest BCUT2D eigenvalue weighted by Crippen LogP contribution is -2.06. The van der Waals surface area contributed by atoms with Crippen molar-refractivity contribution in [2.45, 2.75) is 0 Å². The van der Waals surface area contributed by atoms with Crippen molar-refractivity contribution in [3.05, 3.63) is 68.7 Å². The normalized spacial score (nSPS) is 10.3. The third kappa shape index (κ3) is 4.01. The fourth-order valence-corrected chi connectivity index (χ4v) is 2.61. The zero-order chi connectivity index (χ0) is 17.8. The minimum Gasteiger partial charge on any atom is -0.334 e. The first-order valence-corrected chi connectivity index (χ1v) is 8.11. The van der Waals surface area contributed by atoms with Gasteiger partial charge in [0.15, 0.2) is 5.15 Å². The number of aromatic nitrogens is 3. The first kappa shape index (κ1) is 17.1. The Bertz CT molecular complexity index is 939. The number of nitrogens with one attached hydrogen (secondary N) is 2. The number of pyridine rings is 1. The molecule has 0 unspecified atom stereocenters. The number of anilines is 4. The molecule has 0 atom stereocenters. The highest BCUT2D eigenvalue weighted by Crippen LogP contribution is 2.34. The van der Waals surface area contributed by atoms with Crippen molar-refractivity contribution in [3.63, 3.8) is 0 Å². The molecule has 0 radical (unpaired) electrons. The van der Waals surface area contributed by atoms with Gasteiger partial charge in [0.05, 0.1) is 10.6 Å². The van der Waals surface area contributed by atoms with Crippen LogP contribution in [0.25, 0.3) is 0 Å². The van der Waals surface area contributed by atoms with Crippen molar-refractivity contribution in [2.75, 3.05) is 10.6 Å². The highest BCUT2D eigenvalue weighted by atomic mass is 79.9. The Labute approximate surface area is 155 Å². The number of nitrogens with zero attached hydrogens (tertiary/aromatic N) is 4. The van der Waals surface area contributed by atoms with E-state index < -0.39 is 4.92 Å². The van der Waals surface area contributed by atoms with Gasteiger partial charge in [0, 0.05) is 16.4 Å². The summed E-state index contributed by atoms with van der Waals surface area (Å²) >= 11 is 9.33. The summed E-state index contributed by atoms with van der Waals surface area (Å²) < 4.78 is 0.828. The molecule has 0 aliphatic heterocycles. The summed E-state index contributed by atoms with van der Waals surface area (Å²) in [6, 6.07) is 10.5. The molecule has 0 bridgehead atoms. The van der Waals surface area contributed by atoms with E-state index in [-0.39, 0.29) is 22.5 Å². The molecule has 0 saturated heterocycles. The van der Waals surface area contributed by atoms with Crippen LogP contribution in [0.5, 0.6) is 0 Å². The molecule has 1 aromatic carbocycles. The van der Waals surface area contributed by atoms with Crippen LogP contribution in [0.3, 0.4) is 0 Å². The number of nitro groups is 1. The monoisotopic (exact) mass is 420 g/mol. The van der Waals surface area contributed by atoms with E-state index in [1.54, 1.807) is 30.3 Å². The quantitative estimate of drug-likeness (QED) is 0.350. The second kappa shape index (κ2) is 7.41. The average Bonchev–Trinajstić information content (AvgIpc) is 2.57. The van der Waals surface area contributed by atoms with Crippen LogP contribution in [-0.2, 0) is 0 Å². The third-order valence-electron chi connectivity index (χ3n) is 3.10. The van der Waals surface area contributed by atoms with Crippen molar-refractivity contribution in [1.29, 1.82) is 0 Å². The first-order chi connectivity index (χ1) is 12.0. The second-order valence-electron chi connectivity index (χ2n) is 4.78. The van der Waals surface area contributed by atoms with Gasteiger partial charge in [-0.2, -0.15) is 0 Å². The minimum atomic E-state index is -0.563. The molecule has 2 N–H and O–H groups in total. The van der Waals surface area contributed by atoms with Crippen molar-refractivity contribution in [2.24, 2.45) is 0 Å². The van der Waals surface area contributed by atoms with Gasteiger partial charge < -0.3 is 10.6 Å². The Morgan fingerprint density at radius 3 is 2.52 bits per heavy atom. The standard InChI is InChI=1S/C15H10BrClN6O2/c16-9-3-1-4-10(7-9)21-14-12(23(24)25)15(20-8-19-14)22-11-5-2-6-18-13(11)17/h1-8H,(H2,19,20,21,22). The zero-order valence-corrected chi connectivity index (χ0v) is 14.8. The molecule has 10 heteroatoms. The maximum atomic E-state index is 11.6. The SMILES string of the molecule is O=[N+]([O-])c1c(Nc2cccc(Br)c2)ncnc1Nc1cccnc1Cl. The van der Waals surface area contributed by atoms with Gasteiger partial charge in [-0.15, -0.1) is 0 Å². The van der Waals surface area contributed by atoms with Crippen LogP contribution in [0.15, 0.2) is 53.4 Å². The van der Waals surface area contributed by atoms with Crippen LogP contribution >= 0.6 is 27.5 Å². The van der Waals surface area contributed by atoms with E-state index in [1.165, 1.54) is 12.5 Å². The summed E-state index contributed by atoms with van der Waals surface area (Å²) in [6.45, 7) is 0. The summed E-state index contributed by atoms with van der Waals surface area (Å²) in [5, 5.41) is 17.5. The number of hydrogen-bond donors (Lipinski definition) is 2. The van der Waals surface area contributed by atoms with Gasteiger partial charge in [-0.05, 0) is 30.3 Å². The molecule has 0 aliphatic rings. The van der Waals surface area contributed by atoms with E-state index in [2.05, 4.69) is 41.5 Å². The van der Waals surface area contributed by atoms with Gasteiger partial charge in [0.1, 0.15) is 6.33 Å². The van der Waals surface area contributed by atoms with Crippen LogP contribution in [0.4, 0.5) is 28.7 Å². The van der Waals surface area contributed by atoms with E-state index in [4.69, 9.17) is 11.6 Å². The molecule has 2 heterocycles. The maximum Gasteiger partial charge on any atom is 0.353 e. The van der Waals surface area contributed by atoms with Gasteiger partial charge in [-0.3, -0.25) is 10.1 Å². The molecule has 126 valence electrons. The van der Waals surface area contributed by atoms with Crippen LogP contribution in [0, 0.1) is 10.1 Å². The first-order valence-electron chi connectivity index (χ1n) is 6.94. The topological polar surface area (TPSA) is 106 Å². The molecule has 2 aromatic heterocycles. The van der Waals surface area contributed by atoms with Gasteiger partial charge >= 0.3 is 5.69 Å². The smallest absolute Gasteiger partial charge is 0.334 e. The van der Waals surface area contributed by atoms with Crippen molar-refractivity contribution in [1.82, 2.24) is 15.0 Å². The Kier molecular flexibility index (Phi) is 5.05.